The van der Waals surface area contributed by atoms with Gasteiger partial charge in [0.05, 0.1) is 19.8 Å². The van der Waals surface area contributed by atoms with Crippen molar-refractivity contribution in [3.63, 3.8) is 0 Å². The van der Waals surface area contributed by atoms with E-state index in [0.717, 1.165) is 76.4 Å². The molecule has 9 nitrogen and oxygen atoms in total. The fraction of sp³-hybridized carbons (Fsp3) is 0.591. The van der Waals surface area contributed by atoms with E-state index in [4.69, 9.17) is 9.47 Å². The van der Waals surface area contributed by atoms with Gasteiger partial charge in [-0.05, 0) is 17.5 Å². The Hall–Kier alpha value is -2.49. The number of rotatable bonds is 7. The van der Waals surface area contributed by atoms with Gasteiger partial charge in [0.1, 0.15) is 12.4 Å². The summed E-state index contributed by atoms with van der Waals surface area (Å²) in [6.07, 6.45) is 1.90. The summed E-state index contributed by atoms with van der Waals surface area (Å²) in [4.78, 5) is 11.4. The van der Waals surface area contributed by atoms with Gasteiger partial charge < -0.3 is 20.1 Å². The summed E-state index contributed by atoms with van der Waals surface area (Å²) in [6.45, 7) is 6.53. The van der Waals surface area contributed by atoms with Gasteiger partial charge in [-0.3, -0.25) is 9.89 Å². The van der Waals surface area contributed by atoms with Crippen molar-refractivity contribution in [2.75, 3.05) is 40.5 Å². The molecular formula is C22H33N7O2. The molecule has 31 heavy (non-hydrogen) atoms. The van der Waals surface area contributed by atoms with Gasteiger partial charge in [0.25, 0.3) is 0 Å². The summed E-state index contributed by atoms with van der Waals surface area (Å²) in [5.41, 5.74) is 2.64. The SMILES string of the molecule is CN=C(NCc1ccccc1CN1CCOCC1)NC1CCc2nc(COC)nn2C1. The number of hydrogen-bond acceptors (Lipinski definition) is 6. The lowest BCUT2D eigenvalue weighted by Crippen LogP contribution is -2.47. The number of guanidine groups is 1. The second kappa shape index (κ2) is 10.7. The Kier molecular flexibility index (Phi) is 7.50. The van der Waals surface area contributed by atoms with Crippen LogP contribution in [-0.2, 0) is 42.1 Å². The van der Waals surface area contributed by atoms with Crippen LogP contribution in [0, 0.1) is 0 Å². The van der Waals surface area contributed by atoms with Crippen molar-refractivity contribution in [1.29, 1.82) is 0 Å². The first-order valence-electron chi connectivity index (χ1n) is 11.0. The average molecular weight is 428 g/mol. The fourth-order valence-electron chi connectivity index (χ4n) is 4.12. The molecule has 2 aromatic rings. The van der Waals surface area contributed by atoms with E-state index in [0.29, 0.717) is 6.61 Å². The van der Waals surface area contributed by atoms with Gasteiger partial charge in [0.2, 0.25) is 0 Å². The molecule has 1 fully saturated rings. The molecule has 168 valence electrons. The highest BCUT2D eigenvalue weighted by molar-refractivity contribution is 5.80. The zero-order valence-corrected chi connectivity index (χ0v) is 18.5. The summed E-state index contributed by atoms with van der Waals surface area (Å²) >= 11 is 0. The van der Waals surface area contributed by atoms with Crippen molar-refractivity contribution < 1.29 is 9.47 Å². The van der Waals surface area contributed by atoms with Crippen molar-refractivity contribution in [2.24, 2.45) is 4.99 Å². The lowest BCUT2D eigenvalue weighted by Gasteiger charge is -2.28. The highest BCUT2D eigenvalue weighted by Crippen LogP contribution is 2.15. The molecule has 0 aliphatic carbocycles. The molecule has 4 rings (SSSR count). The first kappa shape index (κ1) is 21.7. The van der Waals surface area contributed by atoms with Crippen LogP contribution in [-0.4, -0.2) is 72.1 Å². The number of ether oxygens (including phenoxy) is 2. The zero-order chi connectivity index (χ0) is 21.5. The maximum absolute atomic E-state index is 5.47. The van der Waals surface area contributed by atoms with Crippen LogP contribution in [0.2, 0.25) is 0 Å². The molecule has 1 aromatic carbocycles. The van der Waals surface area contributed by atoms with Crippen LogP contribution in [0.25, 0.3) is 0 Å². The lowest BCUT2D eigenvalue weighted by atomic mass is 10.1. The maximum Gasteiger partial charge on any atom is 0.191 e. The molecule has 0 bridgehead atoms. The molecular weight excluding hydrogens is 394 g/mol. The second-order valence-electron chi connectivity index (χ2n) is 8.02. The van der Waals surface area contributed by atoms with Gasteiger partial charge in [0.15, 0.2) is 11.8 Å². The third-order valence-electron chi connectivity index (χ3n) is 5.80. The molecule has 0 radical (unpaired) electrons. The first-order valence-corrected chi connectivity index (χ1v) is 11.0. The third kappa shape index (κ3) is 5.81. The van der Waals surface area contributed by atoms with E-state index < -0.39 is 0 Å². The Bertz CT molecular complexity index is 876. The van der Waals surface area contributed by atoms with E-state index in [9.17, 15) is 0 Å². The van der Waals surface area contributed by atoms with Crippen LogP contribution in [0.1, 0.15) is 29.2 Å². The average Bonchev–Trinajstić information content (AvgIpc) is 3.20. The van der Waals surface area contributed by atoms with Crippen molar-refractivity contribution in [3.05, 3.63) is 47.0 Å². The van der Waals surface area contributed by atoms with Crippen molar-refractivity contribution in [3.8, 4) is 0 Å². The fourth-order valence-corrected chi connectivity index (χ4v) is 4.12. The highest BCUT2D eigenvalue weighted by Gasteiger charge is 2.22. The van der Waals surface area contributed by atoms with Crippen LogP contribution >= 0.6 is 0 Å². The Morgan fingerprint density at radius 3 is 2.84 bits per heavy atom. The summed E-state index contributed by atoms with van der Waals surface area (Å²) in [7, 11) is 3.48. The van der Waals surface area contributed by atoms with Gasteiger partial charge in [0, 0.05) is 52.8 Å². The minimum atomic E-state index is 0.263. The Morgan fingerprint density at radius 1 is 1.26 bits per heavy atom. The number of nitrogens with one attached hydrogen (secondary N) is 2. The molecule has 1 atom stereocenters. The number of hydrogen-bond donors (Lipinski definition) is 2. The molecule has 2 N–H and O–H groups in total. The van der Waals surface area contributed by atoms with Gasteiger partial charge in [-0.25, -0.2) is 9.67 Å². The van der Waals surface area contributed by atoms with Crippen LogP contribution in [0.3, 0.4) is 0 Å². The number of morpholine rings is 1. The molecule has 2 aliphatic heterocycles. The van der Waals surface area contributed by atoms with E-state index >= 15 is 0 Å². The minimum absolute atomic E-state index is 0.263. The van der Waals surface area contributed by atoms with E-state index in [1.165, 1.54) is 11.1 Å². The Balaban J connectivity index is 1.32. The third-order valence-corrected chi connectivity index (χ3v) is 5.80. The molecule has 9 heteroatoms. The predicted octanol–water partition coefficient (Wildman–Crippen LogP) is 0.937. The maximum atomic E-state index is 5.47. The Morgan fingerprint density at radius 2 is 2.06 bits per heavy atom. The largest absolute Gasteiger partial charge is 0.379 e. The first-order chi connectivity index (χ1) is 15.2. The quantitative estimate of drug-likeness (QED) is 0.502. The Labute approximate surface area is 183 Å². The number of aliphatic imine (C=N–C) groups is 1. The standard InChI is InChI=1S/C22H33N7O2/c1-23-22(25-19-7-8-21-26-20(16-30-2)27-29(21)15-19)24-13-17-5-3-4-6-18(17)14-28-9-11-31-12-10-28/h3-6,19H,7-16H2,1-2H3,(H2,23,24,25). The smallest absolute Gasteiger partial charge is 0.191 e. The van der Waals surface area contributed by atoms with Crippen molar-refractivity contribution >= 4 is 5.96 Å². The van der Waals surface area contributed by atoms with Crippen molar-refractivity contribution in [2.45, 2.75) is 45.1 Å². The van der Waals surface area contributed by atoms with Gasteiger partial charge in [-0.15, -0.1) is 0 Å². The normalized spacial score (nSPS) is 19.8. The number of nitrogens with zero attached hydrogens (tertiary/aromatic N) is 5. The molecule has 1 saturated heterocycles. The van der Waals surface area contributed by atoms with Crippen LogP contribution < -0.4 is 10.6 Å². The summed E-state index contributed by atoms with van der Waals surface area (Å²) < 4.78 is 12.6. The van der Waals surface area contributed by atoms with Gasteiger partial charge in [-0.1, -0.05) is 24.3 Å². The van der Waals surface area contributed by atoms with E-state index in [1.54, 1.807) is 7.11 Å². The predicted molar refractivity (Wildman–Crippen MR) is 119 cm³/mol. The van der Waals surface area contributed by atoms with E-state index in [-0.39, 0.29) is 6.04 Å². The molecule has 0 amide bonds. The van der Waals surface area contributed by atoms with Crippen molar-refractivity contribution in [1.82, 2.24) is 30.3 Å². The van der Waals surface area contributed by atoms with Crippen LogP contribution in [0.4, 0.5) is 0 Å². The summed E-state index contributed by atoms with van der Waals surface area (Å²) in [5.74, 6) is 2.59. The highest BCUT2D eigenvalue weighted by atomic mass is 16.5. The molecule has 0 spiro atoms. The lowest BCUT2D eigenvalue weighted by molar-refractivity contribution is 0.0341. The van der Waals surface area contributed by atoms with Gasteiger partial charge in [-0.2, -0.15) is 5.10 Å². The molecule has 0 saturated carbocycles. The monoisotopic (exact) mass is 427 g/mol. The topological polar surface area (TPSA) is 88.8 Å². The number of aromatic nitrogens is 3. The number of methoxy groups -OCH3 is 1. The molecule has 3 heterocycles. The van der Waals surface area contributed by atoms with E-state index in [2.05, 4.69) is 54.9 Å². The molecule has 1 unspecified atom stereocenters. The summed E-state index contributed by atoms with van der Waals surface area (Å²) in [5, 5.41) is 11.6. The molecule has 1 aromatic heterocycles. The number of benzene rings is 1. The number of fused-ring (bicyclic) bond motifs is 1. The summed E-state index contributed by atoms with van der Waals surface area (Å²) in [6, 6.07) is 8.88. The molecule has 2 aliphatic rings. The number of aryl methyl sites for hydroxylation is 1. The van der Waals surface area contributed by atoms with Crippen LogP contribution in [0.15, 0.2) is 29.3 Å². The second-order valence-corrected chi connectivity index (χ2v) is 8.02. The van der Waals surface area contributed by atoms with E-state index in [1.807, 2.05) is 11.7 Å². The van der Waals surface area contributed by atoms with Crippen LogP contribution in [0.5, 0.6) is 0 Å². The zero-order valence-electron chi connectivity index (χ0n) is 18.5. The van der Waals surface area contributed by atoms with Gasteiger partial charge >= 0.3 is 0 Å². The minimum Gasteiger partial charge on any atom is -0.379 e.